The van der Waals surface area contributed by atoms with E-state index in [1.165, 1.54) is 13.2 Å². The number of carbonyl (C=O) groups is 1. The average molecular weight is 502 g/mol. The topological polar surface area (TPSA) is 86.0 Å². The van der Waals surface area contributed by atoms with Crippen LogP contribution < -0.4 is 9.47 Å². The highest BCUT2D eigenvalue weighted by Gasteiger charge is 2.18. The Morgan fingerprint density at radius 2 is 1.84 bits per heavy atom. The van der Waals surface area contributed by atoms with E-state index in [-0.39, 0.29) is 24.9 Å². The maximum absolute atomic E-state index is 14.9. The third-order valence-electron chi connectivity index (χ3n) is 5.87. The fraction of sp³-hybridized carbons (Fsp3) is 0.276. The van der Waals surface area contributed by atoms with E-state index in [1.54, 1.807) is 35.7 Å². The van der Waals surface area contributed by atoms with Crippen molar-refractivity contribution in [2.24, 2.45) is 0 Å². The fourth-order valence-electron chi connectivity index (χ4n) is 3.98. The van der Waals surface area contributed by atoms with Crippen LogP contribution in [0.1, 0.15) is 56.0 Å². The van der Waals surface area contributed by atoms with Crippen LogP contribution in [-0.4, -0.2) is 32.8 Å². The van der Waals surface area contributed by atoms with Gasteiger partial charge in [-0.05, 0) is 48.9 Å². The molecule has 1 unspecified atom stereocenters. The predicted octanol–water partition coefficient (Wildman–Crippen LogP) is 5.83. The summed E-state index contributed by atoms with van der Waals surface area (Å²) >= 11 is 0. The Bertz CT molecular complexity index is 1480. The van der Waals surface area contributed by atoms with Crippen LogP contribution in [0.3, 0.4) is 0 Å². The molecule has 190 valence electrons. The van der Waals surface area contributed by atoms with Crippen molar-refractivity contribution in [1.29, 1.82) is 0 Å². The Morgan fingerprint density at radius 3 is 2.49 bits per heavy atom. The van der Waals surface area contributed by atoms with Gasteiger partial charge in [-0.3, -0.25) is 4.79 Å². The monoisotopic (exact) mass is 501 g/mol. The smallest absolute Gasteiger partial charge is 0.304 e. The lowest BCUT2D eigenvalue weighted by molar-refractivity contribution is -0.137. The molecule has 2 heterocycles. The number of aromatic nitrogens is 3. The normalized spacial score (nSPS) is 11.7. The number of rotatable bonds is 9. The summed E-state index contributed by atoms with van der Waals surface area (Å²) in [4.78, 5) is 15.8. The second-order valence-corrected chi connectivity index (χ2v) is 8.90. The van der Waals surface area contributed by atoms with Crippen LogP contribution in [0, 0.1) is 17.7 Å². The van der Waals surface area contributed by atoms with E-state index in [4.69, 9.17) is 14.6 Å². The minimum absolute atomic E-state index is 0.0685. The number of aliphatic carboxylic acids is 1. The van der Waals surface area contributed by atoms with E-state index in [0.29, 0.717) is 34.1 Å². The number of fused-ring (bicyclic) bond motifs is 1. The zero-order valence-corrected chi connectivity index (χ0v) is 21.2. The highest BCUT2D eigenvalue weighted by Crippen LogP contribution is 2.32. The zero-order valence-electron chi connectivity index (χ0n) is 21.2. The molecule has 0 bridgehead atoms. The molecule has 0 saturated carbocycles. The van der Waals surface area contributed by atoms with Crippen molar-refractivity contribution in [2.75, 3.05) is 7.11 Å². The molecule has 4 aromatic rings. The van der Waals surface area contributed by atoms with Crippen molar-refractivity contribution in [3.63, 3.8) is 0 Å². The molecular formula is C29H28FN3O4. The highest BCUT2D eigenvalue weighted by molar-refractivity contribution is 5.79. The summed E-state index contributed by atoms with van der Waals surface area (Å²) in [6, 6.07) is 13.6. The van der Waals surface area contributed by atoms with E-state index in [2.05, 4.69) is 21.9 Å². The second-order valence-electron chi connectivity index (χ2n) is 8.90. The molecule has 1 N–H and O–H groups in total. The molecule has 0 spiro atoms. The molecule has 7 nitrogen and oxygen atoms in total. The molecule has 0 aliphatic rings. The molecule has 0 aliphatic carbocycles. The van der Waals surface area contributed by atoms with Gasteiger partial charge in [0, 0.05) is 28.8 Å². The summed E-state index contributed by atoms with van der Waals surface area (Å²) in [5.41, 5.74) is 3.08. The summed E-state index contributed by atoms with van der Waals surface area (Å²) in [7, 11) is 1.54. The van der Waals surface area contributed by atoms with E-state index >= 15 is 0 Å². The first kappa shape index (κ1) is 25.7. The van der Waals surface area contributed by atoms with Crippen LogP contribution in [0.5, 0.6) is 11.5 Å². The molecule has 8 heteroatoms. The van der Waals surface area contributed by atoms with Crippen molar-refractivity contribution in [3.05, 3.63) is 77.5 Å². The number of hydrogen-bond donors (Lipinski definition) is 1. The molecule has 4 rings (SSSR count). The average Bonchev–Trinajstić information content (AvgIpc) is 3.32. The van der Waals surface area contributed by atoms with Crippen molar-refractivity contribution in [2.45, 2.75) is 45.6 Å². The van der Waals surface area contributed by atoms with Crippen molar-refractivity contribution in [1.82, 2.24) is 14.6 Å². The molecule has 2 aromatic carbocycles. The van der Waals surface area contributed by atoms with Gasteiger partial charge in [0.25, 0.3) is 0 Å². The number of benzene rings is 2. The Hall–Kier alpha value is -4.38. The van der Waals surface area contributed by atoms with Crippen LogP contribution >= 0.6 is 0 Å². The molecule has 0 saturated heterocycles. The Balaban J connectivity index is 1.65. The Kier molecular flexibility index (Phi) is 7.73. The van der Waals surface area contributed by atoms with Crippen LogP contribution in [-0.2, 0) is 11.4 Å². The van der Waals surface area contributed by atoms with Crippen molar-refractivity contribution < 1.29 is 23.8 Å². The number of halogens is 1. The maximum atomic E-state index is 14.9. The minimum Gasteiger partial charge on any atom is -0.497 e. The number of carboxylic acid groups (broad SMARTS) is 1. The molecular weight excluding hydrogens is 473 g/mol. The standard InChI is InChI=1S/C29H28FN3O4/c1-5-6-21(14-27(34)35)20-7-9-22(10-8-20)37-17-19-13-25(24-15-23(36-4)11-12-26(24)30)29-31-28(18(2)3)32-33(29)16-19/h7-13,15-16,18,21H,14,17H2,1-4H3,(H,34,35). The minimum atomic E-state index is -0.902. The molecule has 2 aromatic heterocycles. The molecule has 0 fully saturated rings. The molecule has 37 heavy (non-hydrogen) atoms. The number of nitrogens with zero attached hydrogens (tertiary/aromatic N) is 3. The number of pyridine rings is 1. The molecule has 0 amide bonds. The van der Waals surface area contributed by atoms with Gasteiger partial charge < -0.3 is 14.6 Å². The second kappa shape index (κ2) is 11.1. The van der Waals surface area contributed by atoms with Gasteiger partial charge >= 0.3 is 5.97 Å². The van der Waals surface area contributed by atoms with Gasteiger partial charge in [0.2, 0.25) is 0 Å². The van der Waals surface area contributed by atoms with Crippen molar-refractivity contribution >= 4 is 11.6 Å². The summed E-state index contributed by atoms with van der Waals surface area (Å²) in [6.07, 6.45) is 1.75. The van der Waals surface area contributed by atoms with Crippen LogP contribution in [0.15, 0.2) is 54.7 Å². The maximum Gasteiger partial charge on any atom is 0.304 e. The van der Waals surface area contributed by atoms with E-state index in [1.807, 2.05) is 38.2 Å². The number of carboxylic acids is 1. The summed E-state index contributed by atoms with van der Waals surface area (Å²) in [6.45, 7) is 5.90. The van der Waals surface area contributed by atoms with Crippen LogP contribution in [0.25, 0.3) is 16.8 Å². The highest BCUT2D eigenvalue weighted by atomic mass is 19.1. The van der Waals surface area contributed by atoms with Gasteiger partial charge in [-0.15, -0.1) is 5.92 Å². The quantitative estimate of drug-likeness (QED) is 0.291. The Morgan fingerprint density at radius 1 is 1.11 bits per heavy atom. The first-order chi connectivity index (χ1) is 17.8. The van der Waals surface area contributed by atoms with Crippen molar-refractivity contribution in [3.8, 4) is 34.5 Å². The third kappa shape index (κ3) is 5.89. The lowest BCUT2D eigenvalue weighted by atomic mass is 9.96. The van der Waals surface area contributed by atoms with E-state index < -0.39 is 11.8 Å². The van der Waals surface area contributed by atoms with Crippen LogP contribution in [0.4, 0.5) is 4.39 Å². The number of hydrogen-bond acceptors (Lipinski definition) is 5. The SMILES string of the molecule is CC#CC(CC(=O)O)c1ccc(OCc2cc(-c3cc(OC)ccc3F)c3nc(C(C)C)nn3c2)cc1. The lowest BCUT2D eigenvalue weighted by Gasteiger charge is -2.12. The fourth-order valence-corrected chi connectivity index (χ4v) is 3.98. The number of ether oxygens (including phenoxy) is 2. The first-order valence-electron chi connectivity index (χ1n) is 11.9. The van der Waals surface area contributed by atoms with Crippen LogP contribution in [0.2, 0.25) is 0 Å². The van der Waals surface area contributed by atoms with Gasteiger partial charge in [0.1, 0.15) is 23.9 Å². The lowest BCUT2D eigenvalue weighted by Crippen LogP contribution is -2.05. The largest absolute Gasteiger partial charge is 0.497 e. The molecule has 0 radical (unpaired) electrons. The summed E-state index contributed by atoms with van der Waals surface area (Å²) in [5, 5.41) is 13.8. The third-order valence-corrected chi connectivity index (χ3v) is 5.87. The van der Waals surface area contributed by atoms with E-state index in [0.717, 1.165) is 11.1 Å². The molecule has 0 aliphatic heterocycles. The van der Waals surface area contributed by atoms with Gasteiger partial charge in [0.15, 0.2) is 11.5 Å². The van der Waals surface area contributed by atoms with E-state index in [9.17, 15) is 9.18 Å². The molecule has 1 atom stereocenters. The summed E-state index contributed by atoms with van der Waals surface area (Å²) in [5.74, 6) is 5.96. The van der Waals surface area contributed by atoms with Gasteiger partial charge in [-0.2, -0.15) is 5.10 Å². The van der Waals surface area contributed by atoms with Gasteiger partial charge in [-0.1, -0.05) is 31.9 Å². The van der Waals surface area contributed by atoms with Gasteiger partial charge in [0.05, 0.1) is 19.4 Å². The predicted molar refractivity (Wildman–Crippen MR) is 138 cm³/mol. The Labute approximate surface area is 214 Å². The number of methoxy groups -OCH3 is 1. The van der Waals surface area contributed by atoms with Gasteiger partial charge in [-0.25, -0.2) is 13.9 Å². The first-order valence-corrected chi connectivity index (χ1v) is 11.9. The summed E-state index contributed by atoms with van der Waals surface area (Å²) < 4.78 is 27.9. The zero-order chi connectivity index (χ0) is 26.5.